The van der Waals surface area contributed by atoms with Gasteiger partial charge in [-0.2, -0.15) is 4.39 Å². The van der Waals surface area contributed by atoms with Crippen LogP contribution >= 0.6 is 0 Å². The summed E-state index contributed by atoms with van der Waals surface area (Å²) in [6, 6.07) is 1.60. The second-order valence-electron chi connectivity index (χ2n) is 6.05. The standard InChI is InChI=1S/C15H20F2N2O2/c1-9(2)10-4-3-5-11(6-10)18-14-8-15(19(20)21)13(17)7-12(14)16/h7-11,18H,3-6H2,1-2H3. The average Bonchev–Trinajstić information content (AvgIpc) is 2.41. The summed E-state index contributed by atoms with van der Waals surface area (Å²) in [6.45, 7) is 4.33. The van der Waals surface area contributed by atoms with Crippen molar-refractivity contribution in [3.05, 3.63) is 33.9 Å². The highest BCUT2D eigenvalue weighted by atomic mass is 19.1. The molecule has 2 rings (SSSR count). The fraction of sp³-hybridized carbons (Fsp3) is 0.600. The third-order valence-electron chi connectivity index (χ3n) is 4.25. The van der Waals surface area contributed by atoms with Crippen LogP contribution in [0.5, 0.6) is 0 Å². The van der Waals surface area contributed by atoms with Crippen LogP contribution in [0.4, 0.5) is 20.2 Å². The van der Waals surface area contributed by atoms with Crippen molar-refractivity contribution in [2.24, 2.45) is 11.8 Å². The van der Waals surface area contributed by atoms with E-state index < -0.39 is 22.2 Å². The molecular weight excluding hydrogens is 278 g/mol. The van der Waals surface area contributed by atoms with Crippen LogP contribution in [0.2, 0.25) is 0 Å². The van der Waals surface area contributed by atoms with Gasteiger partial charge in [-0.15, -0.1) is 0 Å². The lowest BCUT2D eigenvalue weighted by molar-refractivity contribution is -0.387. The molecule has 1 saturated carbocycles. The van der Waals surface area contributed by atoms with E-state index >= 15 is 0 Å². The molecule has 2 unspecified atom stereocenters. The largest absolute Gasteiger partial charge is 0.380 e. The summed E-state index contributed by atoms with van der Waals surface area (Å²) in [7, 11) is 0. The van der Waals surface area contributed by atoms with Crippen molar-refractivity contribution in [1.82, 2.24) is 0 Å². The number of nitro benzene ring substituents is 1. The molecular formula is C15H20F2N2O2. The van der Waals surface area contributed by atoms with Crippen molar-refractivity contribution >= 4 is 11.4 Å². The molecule has 0 amide bonds. The van der Waals surface area contributed by atoms with Gasteiger partial charge in [0.1, 0.15) is 5.82 Å². The maximum absolute atomic E-state index is 13.8. The summed E-state index contributed by atoms with van der Waals surface area (Å²) in [5.74, 6) is -0.812. The Bertz CT molecular complexity index is 535. The summed E-state index contributed by atoms with van der Waals surface area (Å²) in [5, 5.41) is 13.7. The van der Waals surface area contributed by atoms with E-state index in [0.717, 1.165) is 31.7 Å². The average molecular weight is 298 g/mol. The van der Waals surface area contributed by atoms with Crippen LogP contribution in [0.1, 0.15) is 39.5 Å². The zero-order chi connectivity index (χ0) is 15.6. The number of nitro groups is 1. The maximum Gasteiger partial charge on any atom is 0.307 e. The number of hydrogen-bond donors (Lipinski definition) is 1. The van der Waals surface area contributed by atoms with Gasteiger partial charge in [-0.25, -0.2) is 4.39 Å². The van der Waals surface area contributed by atoms with E-state index in [2.05, 4.69) is 19.2 Å². The fourth-order valence-corrected chi connectivity index (χ4v) is 2.97. The lowest BCUT2D eigenvalue weighted by Gasteiger charge is -2.32. The van der Waals surface area contributed by atoms with E-state index in [4.69, 9.17) is 0 Å². The molecule has 0 aliphatic heterocycles. The van der Waals surface area contributed by atoms with Gasteiger partial charge in [-0.3, -0.25) is 10.1 Å². The smallest absolute Gasteiger partial charge is 0.307 e. The molecule has 0 aromatic heterocycles. The van der Waals surface area contributed by atoms with Crippen LogP contribution in [-0.2, 0) is 0 Å². The van der Waals surface area contributed by atoms with Gasteiger partial charge in [0.15, 0.2) is 0 Å². The van der Waals surface area contributed by atoms with Crippen molar-refractivity contribution in [2.45, 2.75) is 45.6 Å². The second kappa shape index (κ2) is 6.37. The van der Waals surface area contributed by atoms with Gasteiger partial charge in [0.2, 0.25) is 5.82 Å². The molecule has 1 fully saturated rings. The van der Waals surface area contributed by atoms with Crippen molar-refractivity contribution in [3.8, 4) is 0 Å². The molecule has 1 aromatic carbocycles. The quantitative estimate of drug-likeness (QED) is 0.657. The van der Waals surface area contributed by atoms with E-state index in [0.29, 0.717) is 17.9 Å². The first-order valence-electron chi connectivity index (χ1n) is 7.28. The zero-order valence-corrected chi connectivity index (χ0v) is 12.2. The first kappa shape index (κ1) is 15.7. The Balaban J connectivity index is 2.15. The molecule has 0 saturated heterocycles. The van der Waals surface area contributed by atoms with Gasteiger partial charge in [0, 0.05) is 18.2 Å². The topological polar surface area (TPSA) is 55.2 Å². The maximum atomic E-state index is 13.8. The Kier molecular flexibility index (Phi) is 4.75. The summed E-state index contributed by atoms with van der Waals surface area (Å²) < 4.78 is 27.1. The van der Waals surface area contributed by atoms with Gasteiger partial charge >= 0.3 is 5.69 Å². The molecule has 1 N–H and O–H groups in total. The summed E-state index contributed by atoms with van der Waals surface area (Å²) >= 11 is 0. The number of rotatable bonds is 4. The molecule has 116 valence electrons. The van der Waals surface area contributed by atoms with Crippen LogP contribution in [0, 0.1) is 33.6 Å². The van der Waals surface area contributed by atoms with Crippen LogP contribution in [0.3, 0.4) is 0 Å². The van der Waals surface area contributed by atoms with Crippen molar-refractivity contribution in [2.75, 3.05) is 5.32 Å². The van der Waals surface area contributed by atoms with Gasteiger partial charge in [0.05, 0.1) is 10.6 Å². The molecule has 0 radical (unpaired) electrons. The van der Waals surface area contributed by atoms with Crippen molar-refractivity contribution in [3.63, 3.8) is 0 Å². The van der Waals surface area contributed by atoms with Gasteiger partial charge in [-0.1, -0.05) is 26.7 Å². The predicted molar refractivity (Wildman–Crippen MR) is 77.2 cm³/mol. The highest BCUT2D eigenvalue weighted by Crippen LogP contribution is 2.33. The number of nitrogens with one attached hydrogen (secondary N) is 1. The summed E-state index contributed by atoms with van der Waals surface area (Å²) in [4.78, 5) is 9.90. The first-order valence-corrected chi connectivity index (χ1v) is 7.28. The lowest BCUT2D eigenvalue weighted by Crippen LogP contribution is -2.29. The molecule has 1 aliphatic rings. The SMILES string of the molecule is CC(C)C1CCCC(Nc2cc([N+](=O)[O-])c(F)cc2F)C1. The Morgan fingerprint density at radius 2 is 2.00 bits per heavy atom. The van der Waals surface area contributed by atoms with Gasteiger partial charge in [0.25, 0.3) is 0 Å². The monoisotopic (exact) mass is 298 g/mol. The predicted octanol–water partition coefficient (Wildman–Crippen LogP) is 4.50. The molecule has 0 heterocycles. The van der Waals surface area contributed by atoms with Crippen LogP contribution in [0.25, 0.3) is 0 Å². The number of nitrogens with zero attached hydrogens (tertiary/aromatic N) is 1. The molecule has 4 nitrogen and oxygen atoms in total. The molecule has 6 heteroatoms. The summed E-state index contributed by atoms with van der Waals surface area (Å²) in [5.41, 5.74) is -0.687. The Morgan fingerprint density at radius 1 is 1.29 bits per heavy atom. The molecule has 0 bridgehead atoms. The number of hydrogen-bond acceptors (Lipinski definition) is 3. The third kappa shape index (κ3) is 3.68. The summed E-state index contributed by atoms with van der Waals surface area (Å²) in [6.07, 6.45) is 4.00. The molecule has 1 aliphatic carbocycles. The second-order valence-corrected chi connectivity index (χ2v) is 6.05. The zero-order valence-electron chi connectivity index (χ0n) is 12.2. The Morgan fingerprint density at radius 3 is 2.62 bits per heavy atom. The molecule has 21 heavy (non-hydrogen) atoms. The number of anilines is 1. The van der Waals surface area contributed by atoms with E-state index in [9.17, 15) is 18.9 Å². The van der Waals surface area contributed by atoms with Crippen molar-refractivity contribution in [1.29, 1.82) is 0 Å². The lowest BCUT2D eigenvalue weighted by atomic mass is 9.79. The number of halogens is 2. The van der Waals surface area contributed by atoms with E-state index in [1.54, 1.807) is 0 Å². The molecule has 2 atom stereocenters. The highest BCUT2D eigenvalue weighted by molar-refractivity contribution is 5.53. The van der Waals surface area contributed by atoms with E-state index in [1.807, 2.05) is 0 Å². The Hall–Kier alpha value is -1.72. The normalized spacial score (nSPS) is 22.3. The van der Waals surface area contributed by atoms with Crippen LogP contribution in [-0.4, -0.2) is 11.0 Å². The van der Waals surface area contributed by atoms with Gasteiger partial charge < -0.3 is 5.32 Å². The van der Waals surface area contributed by atoms with Gasteiger partial charge in [-0.05, 0) is 24.7 Å². The third-order valence-corrected chi connectivity index (χ3v) is 4.25. The van der Waals surface area contributed by atoms with E-state index in [-0.39, 0.29) is 11.7 Å². The van der Waals surface area contributed by atoms with E-state index in [1.165, 1.54) is 0 Å². The minimum atomic E-state index is -1.15. The van der Waals surface area contributed by atoms with Crippen molar-refractivity contribution < 1.29 is 13.7 Å². The number of benzene rings is 1. The molecule has 0 spiro atoms. The minimum absolute atomic E-state index is 0.0116. The molecule has 1 aromatic rings. The minimum Gasteiger partial charge on any atom is -0.380 e. The van der Waals surface area contributed by atoms with Crippen LogP contribution in [0.15, 0.2) is 12.1 Å². The highest BCUT2D eigenvalue weighted by Gasteiger charge is 2.26. The Labute approximate surface area is 122 Å². The fourth-order valence-electron chi connectivity index (χ4n) is 2.97. The van der Waals surface area contributed by atoms with Crippen LogP contribution < -0.4 is 5.32 Å². The first-order chi connectivity index (χ1) is 9.88.